The summed E-state index contributed by atoms with van der Waals surface area (Å²) in [6.07, 6.45) is 2.13. The molecule has 0 radical (unpaired) electrons. The third kappa shape index (κ3) is 4.09. The number of nitrogens with zero attached hydrogens (tertiary/aromatic N) is 1. The monoisotopic (exact) mass is 214 g/mol. The predicted molar refractivity (Wildman–Crippen MR) is 64.0 cm³/mol. The third-order valence-corrected chi connectivity index (χ3v) is 3.37. The fraction of sp³-hybridized carbons (Fsp3) is 1.00. The Morgan fingerprint density at radius 3 is 2.67 bits per heavy atom. The van der Waals surface area contributed by atoms with Gasteiger partial charge in [0.2, 0.25) is 0 Å². The fourth-order valence-corrected chi connectivity index (χ4v) is 2.34. The van der Waals surface area contributed by atoms with E-state index >= 15 is 0 Å². The molecule has 0 saturated carbocycles. The Morgan fingerprint density at radius 1 is 1.40 bits per heavy atom. The van der Waals surface area contributed by atoms with Crippen molar-refractivity contribution in [3.05, 3.63) is 0 Å². The van der Waals surface area contributed by atoms with E-state index in [-0.39, 0.29) is 6.10 Å². The molecule has 1 saturated heterocycles. The van der Waals surface area contributed by atoms with Crippen LogP contribution in [0.1, 0.15) is 33.6 Å². The van der Waals surface area contributed by atoms with Gasteiger partial charge in [-0.05, 0) is 38.8 Å². The number of likely N-dealkylation sites (N-methyl/N-ethyl adjacent to an activating group) is 1. The van der Waals surface area contributed by atoms with Gasteiger partial charge in [0.25, 0.3) is 0 Å². The summed E-state index contributed by atoms with van der Waals surface area (Å²) in [5.41, 5.74) is 0. The Kier molecular flexibility index (Phi) is 5.58. The lowest BCUT2D eigenvalue weighted by Crippen LogP contribution is -2.51. The zero-order valence-electron chi connectivity index (χ0n) is 10.4. The summed E-state index contributed by atoms with van der Waals surface area (Å²) in [7, 11) is 0. The Balaban J connectivity index is 2.43. The molecule has 1 rings (SSSR count). The van der Waals surface area contributed by atoms with Gasteiger partial charge in [0.15, 0.2) is 0 Å². The Morgan fingerprint density at radius 2 is 2.13 bits per heavy atom. The van der Waals surface area contributed by atoms with E-state index < -0.39 is 0 Å². The Bertz CT molecular complexity index is 173. The highest BCUT2D eigenvalue weighted by molar-refractivity contribution is 4.85. The molecule has 3 heteroatoms. The maximum Gasteiger partial charge on any atom is 0.0553 e. The number of nitrogens with one attached hydrogen (secondary N) is 1. The van der Waals surface area contributed by atoms with E-state index in [9.17, 15) is 5.11 Å². The van der Waals surface area contributed by atoms with Crippen molar-refractivity contribution in [2.45, 2.75) is 45.8 Å². The second-order valence-corrected chi connectivity index (χ2v) is 4.74. The third-order valence-electron chi connectivity index (χ3n) is 3.37. The van der Waals surface area contributed by atoms with Crippen molar-refractivity contribution in [1.82, 2.24) is 10.2 Å². The van der Waals surface area contributed by atoms with Crippen molar-refractivity contribution in [1.29, 1.82) is 0 Å². The molecule has 1 heterocycles. The lowest BCUT2D eigenvalue weighted by molar-refractivity contribution is 0.0504. The first kappa shape index (κ1) is 12.9. The van der Waals surface area contributed by atoms with Gasteiger partial charge in [-0.2, -0.15) is 0 Å². The van der Waals surface area contributed by atoms with E-state index in [1.54, 1.807) is 0 Å². The van der Waals surface area contributed by atoms with E-state index in [0.717, 1.165) is 32.6 Å². The number of likely N-dealkylation sites (tertiary alicyclic amines) is 1. The summed E-state index contributed by atoms with van der Waals surface area (Å²) in [5.74, 6) is 0.438. The van der Waals surface area contributed by atoms with Crippen molar-refractivity contribution in [3.8, 4) is 0 Å². The van der Waals surface area contributed by atoms with Gasteiger partial charge < -0.3 is 15.3 Å². The molecule has 3 unspecified atom stereocenters. The van der Waals surface area contributed by atoms with Crippen LogP contribution in [-0.4, -0.2) is 48.3 Å². The standard InChI is InChI=1S/C12H26N2O/c1-4-6-13-12-7-11(10(3)15)8-14(5-2)9-12/h10-13,15H,4-9H2,1-3H3. The lowest BCUT2D eigenvalue weighted by atomic mass is 9.90. The molecule has 1 fully saturated rings. The van der Waals surface area contributed by atoms with Crippen LogP contribution in [0, 0.1) is 5.92 Å². The minimum atomic E-state index is -0.176. The number of hydrogen-bond acceptors (Lipinski definition) is 3. The summed E-state index contributed by atoms with van der Waals surface area (Å²) in [4.78, 5) is 2.44. The average Bonchev–Trinajstić information content (AvgIpc) is 2.25. The molecular formula is C12H26N2O. The molecule has 90 valence electrons. The SMILES string of the molecule is CCCNC1CC(C(C)O)CN(CC)C1. The molecule has 2 N–H and O–H groups in total. The lowest BCUT2D eigenvalue weighted by Gasteiger charge is -2.38. The van der Waals surface area contributed by atoms with Gasteiger partial charge in [0.05, 0.1) is 6.10 Å². The van der Waals surface area contributed by atoms with Crippen molar-refractivity contribution < 1.29 is 5.11 Å². The molecule has 0 aromatic rings. The molecule has 0 amide bonds. The van der Waals surface area contributed by atoms with Crippen molar-refractivity contribution in [2.75, 3.05) is 26.2 Å². The van der Waals surface area contributed by atoms with Crippen LogP contribution in [-0.2, 0) is 0 Å². The van der Waals surface area contributed by atoms with Crippen molar-refractivity contribution in [2.24, 2.45) is 5.92 Å². The first-order chi connectivity index (χ1) is 7.17. The van der Waals surface area contributed by atoms with Gasteiger partial charge in [-0.15, -0.1) is 0 Å². The summed E-state index contributed by atoms with van der Waals surface area (Å²) < 4.78 is 0. The molecular weight excluding hydrogens is 188 g/mol. The molecule has 3 atom stereocenters. The van der Waals surface area contributed by atoms with Gasteiger partial charge in [-0.3, -0.25) is 0 Å². The quantitative estimate of drug-likeness (QED) is 0.719. The minimum Gasteiger partial charge on any atom is -0.393 e. The molecule has 0 bridgehead atoms. The van der Waals surface area contributed by atoms with Gasteiger partial charge in [-0.1, -0.05) is 13.8 Å². The predicted octanol–water partition coefficient (Wildman–Crippen LogP) is 1.08. The van der Waals surface area contributed by atoms with Crippen LogP contribution in [0.15, 0.2) is 0 Å². The number of piperidine rings is 1. The summed E-state index contributed by atoms with van der Waals surface area (Å²) >= 11 is 0. The van der Waals surface area contributed by atoms with Crippen LogP contribution in [0.25, 0.3) is 0 Å². The van der Waals surface area contributed by atoms with Crippen LogP contribution in [0.2, 0.25) is 0 Å². The zero-order chi connectivity index (χ0) is 11.3. The van der Waals surface area contributed by atoms with Crippen molar-refractivity contribution >= 4 is 0 Å². The van der Waals surface area contributed by atoms with Crippen LogP contribution in [0.3, 0.4) is 0 Å². The van der Waals surface area contributed by atoms with Crippen LogP contribution in [0.5, 0.6) is 0 Å². The highest BCUT2D eigenvalue weighted by Crippen LogP contribution is 2.19. The van der Waals surface area contributed by atoms with Crippen molar-refractivity contribution in [3.63, 3.8) is 0 Å². The smallest absolute Gasteiger partial charge is 0.0553 e. The number of hydrogen-bond donors (Lipinski definition) is 2. The Hall–Kier alpha value is -0.120. The second-order valence-electron chi connectivity index (χ2n) is 4.74. The molecule has 0 aromatic heterocycles. The molecule has 0 aliphatic carbocycles. The first-order valence-electron chi connectivity index (χ1n) is 6.31. The molecule has 1 aliphatic rings. The van der Waals surface area contributed by atoms with Gasteiger partial charge in [0.1, 0.15) is 0 Å². The molecule has 0 spiro atoms. The minimum absolute atomic E-state index is 0.176. The molecule has 15 heavy (non-hydrogen) atoms. The summed E-state index contributed by atoms with van der Waals surface area (Å²) in [5, 5.41) is 13.2. The average molecular weight is 214 g/mol. The normalized spacial score (nSPS) is 30.4. The fourth-order valence-electron chi connectivity index (χ4n) is 2.34. The van der Waals surface area contributed by atoms with Crippen LogP contribution < -0.4 is 5.32 Å². The van der Waals surface area contributed by atoms with Gasteiger partial charge >= 0.3 is 0 Å². The highest BCUT2D eigenvalue weighted by Gasteiger charge is 2.28. The topological polar surface area (TPSA) is 35.5 Å². The second kappa shape index (κ2) is 6.46. The van der Waals surface area contributed by atoms with Gasteiger partial charge in [0, 0.05) is 19.1 Å². The highest BCUT2D eigenvalue weighted by atomic mass is 16.3. The van der Waals surface area contributed by atoms with Crippen LogP contribution in [0.4, 0.5) is 0 Å². The maximum absolute atomic E-state index is 9.68. The largest absolute Gasteiger partial charge is 0.393 e. The van der Waals surface area contributed by atoms with E-state index in [4.69, 9.17) is 0 Å². The number of rotatable bonds is 5. The molecule has 3 nitrogen and oxygen atoms in total. The summed E-state index contributed by atoms with van der Waals surface area (Å²) in [6.45, 7) is 10.7. The number of aliphatic hydroxyl groups excluding tert-OH is 1. The van der Waals surface area contributed by atoms with Gasteiger partial charge in [-0.25, -0.2) is 0 Å². The van der Waals surface area contributed by atoms with E-state index in [2.05, 4.69) is 24.1 Å². The van der Waals surface area contributed by atoms with E-state index in [1.165, 1.54) is 6.42 Å². The molecule has 0 aromatic carbocycles. The van der Waals surface area contributed by atoms with Crippen LogP contribution >= 0.6 is 0 Å². The molecule has 1 aliphatic heterocycles. The zero-order valence-corrected chi connectivity index (χ0v) is 10.4. The van der Waals surface area contributed by atoms with E-state index in [0.29, 0.717) is 12.0 Å². The maximum atomic E-state index is 9.68. The summed E-state index contributed by atoms with van der Waals surface area (Å²) in [6, 6.07) is 0.568. The van der Waals surface area contributed by atoms with E-state index in [1.807, 2.05) is 6.92 Å². The Labute approximate surface area is 93.9 Å². The number of aliphatic hydroxyl groups is 1. The first-order valence-corrected chi connectivity index (χ1v) is 6.31.